The highest BCUT2D eigenvalue weighted by atomic mass is 35.5. The van der Waals surface area contributed by atoms with Crippen LogP contribution in [0.1, 0.15) is 28.3 Å². The Labute approximate surface area is 200 Å². The minimum absolute atomic E-state index is 0.0215. The highest BCUT2D eigenvalue weighted by Crippen LogP contribution is 2.42. The summed E-state index contributed by atoms with van der Waals surface area (Å²) in [7, 11) is 1.53. The van der Waals surface area contributed by atoms with Gasteiger partial charge in [-0.3, -0.25) is 5.32 Å². The molecule has 1 unspecified atom stereocenters. The van der Waals surface area contributed by atoms with Gasteiger partial charge in [-0.25, -0.2) is 9.98 Å². The number of nitrogens with zero attached hydrogens (tertiary/aromatic N) is 4. The number of nitrogen functional groups attached to an aromatic ring is 2. The van der Waals surface area contributed by atoms with E-state index in [2.05, 4.69) is 20.6 Å². The van der Waals surface area contributed by atoms with Crippen molar-refractivity contribution in [2.45, 2.75) is 12.6 Å². The molecule has 170 valence electrons. The molecular formula is C23H19ClN8O2. The average Bonchev–Trinajstić information content (AvgIpc) is 2.83. The van der Waals surface area contributed by atoms with Crippen molar-refractivity contribution in [3.8, 4) is 23.8 Å². The smallest absolute Gasteiger partial charge is 0.211 e. The number of methoxy groups -OCH3 is 1. The van der Waals surface area contributed by atoms with Crippen molar-refractivity contribution in [3.63, 3.8) is 0 Å². The summed E-state index contributed by atoms with van der Waals surface area (Å²) in [4.78, 5) is 8.80. The number of nitrogens with one attached hydrogen (secondary N) is 2. The first-order valence-electron chi connectivity index (χ1n) is 9.99. The fourth-order valence-corrected chi connectivity index (χ4v) is 3.66. The molecule has 11 heteroatoms. The molecule has 0 spiro atoms. The summed E-state index contributed by atoms with van der Waals surface area (Å²) in [5, 5.41) is 24.5. The van der Waals surface area contributed by atoms with Gasteiger partial charge in [-0.15, -0.1) is 0 Å². The zero-order chi connectivity index (χ0) is 24.2. The molecule has 0 saturated heterocycles. The van der Waals surface area contributed by atoms with Crippen molar-refractivity contribution in [3.05, 3.63) is 69.7 Å². The number of anilines is 3. The van der Waals surface area contributed by atoms with Crippen LogP contribution in [0.15, 0.2) is 47.5 Å². The highest BCUT2D eigenvalue weighted by molar-refractivity contribution is 6.30. The molecule has 0 fully saturated rings. The summed E-state index contributed by atoms with van der Waals surface area (Å²) in [5.74, 6) is 1.44. The van der Waals surface area contributed by atoms with Crippen LogP contribution >= 0.6 is 11.6 Å². The monoisotopic (exact) mass is 474 g/mol. The van der Waals surface area contributed by atoms with Crippen molar-refractivity contribution in [2.24, 2.45) is 4.99 Å². The van der Waals surface area contributed by atoms with Crippen LogP contribution in [-0.2, 0) is 6.61 Å². The molecule has 0 radical (unpaired) electrons. The largest absolute Gasteiger partial charge is 0.493 e. The molecule has 1 aliphatic heterocycles. The van der Waals surface area contributed by atoms with Gasteiger partial charge in [-0.2, -0.15) is 10.5 Å². The van der Waals surface area contributed by atoms with Gasteiger partial charge < -0.3 is 26.3 Å². The van der Waals surface area contributed by atoms with Gasteiger partial charge in [0.05, 0.1) is 12.8 Å². The van der Waals surface area contributed by atoms with E-state index in [9.17, 15) is 5.26 Å². The van der Waals surface area contributed by atoms with Gasteiger partial charge in [0.1, 0.15) is 35.9 Å². The number of rotatable bonds is 5. The molecule has 0 saturated carbocycles. The predicted molar refractivity (Wildman–Crippen MR) is 128 cm³/mol. The van der Waals surface area contributed by atoms with Crippen molar-refractivity contribution in [2.75, 3.05) is 23.9 Å². The fourth-order valence-electron chi connectivity index (χ4n) is 3.54. The summed E-state index contributed by atoms with van der Waals surface area (Å²) >= 11 is 5.94. The summed E-state index contributed by atoms with van der Waals surface area (Å²) in [6.45, 7) is 0.319. The summed E-state index contributed by atoms with van der Waals surface area (Å²) < 4.78 is 11.5. The lowest BCUT2D eigenvalue weighted by atomic mass is 9.95. The lowest BCUT2D eigenvalue weighted by Gasteiger charge is -2.26. The van der Waals surface area contributed by atoms with Crippen LogP contribution in [0.2, 0.25) is 5.02 Å². The molecule has 2 heterocycles. The molecule has 3 aromatic rings. The molecule has 1 aliphatic rings. The van der Waals surface area contributed by atoms with E-state index in [0.717, 1.165) is 5.56 Å². The Morgan fingerprint density at radius 1 is 1.15 bits per heavy atom. The topological polar surface area (TPSA) is 167 Å². The first kappa shape index (κ1) is 22.5. The SMILES string of the molecule is COc1cc(C2N=C(NC#N)Nc3nc(N)c(C#N)c(N)c32)ccc1OCc1ccc(Cl)cc1. The maximum absolute atomic E-state index is 9.48. The Morgan fingerprint density at radius 2 is 1.91 bits per heavy atom. The first-order chi connectivity index (χ1) is 16.4. The van der Waals surface area contributed by atoms with E-state index in [1.54, 1.807) is 30.3 Å². The van der Waals surface area contributed by atoms with Gasteiger partial charge in [0.15, 0.2) is 17.7 Å². The lowest BCUT2D eigenvalue weighted by Crippen LogP contribution is -2.32. The van der Waals surface area contributed by atoms with Crippen LogP contribution in [0.25, 0.3) is 0 Å². The molecule has 0 amide bonds. The minimum Gasteiger partial charge on any atom is -0.493 e. The number of nitriles is 2. The zero-order valence-corrected chi connectivity index (χ0v) is 18.7. The zero-order valence-electron chi connectivity index (χ0n) is 18.0. The van der Waals surface area contributed by atoms with Crippen LogP contribution < -0.4 is 31.6 Å². The summed E-state index contributed by atoms with van der Waals surface area (Å²) in [6.07, 6.45) is 1.82. The summed E-state index contributed by atoms with van der Waals surface area (Å²) in [5.41, 5.74) is 14.5. The van der Waals surface area contributed by atoms with Crippen molar-refractivity contribution < 1.29 is 9.47 Å². The number of fused-ring (bicyclic) bond motifs is 1. The Bertz CT molecular complexity index is 1360. The third-order valence-electron chi connectivity index (χ3n) is 5.17. The molecule has 1 aromatic heterocycles. The predicted octanol–water partition coefficient (Wildman–Crippen LogP) is 3.30. The molecule has 34 heavy (non-hydrogen) atoms. The van der Waals surface area contributed by atoms with Crippen LogP contribution in [0.5, 0.6) is 11.5 Å². The average molecular weight is 475 g/mol. The molecule has 6 N–H and O–H groups in total. The number of aromatic nitrogens is 1. The van der Waals surface area contributed by atoms with Crippen LogP contribution in [0.4, 0.5) is 17.3 Å². The lowest BCUT2D eigenvalue weighted by molar-refractivity contribution is 0.284. The molecule has 2 aromatic carbocycles. The van der Waals surface area contributed by atoms with E-state index < -0.39 is 6.04 Å². The number of ether oxygens (including phenoxy) is 2. The van der Waals surface area contributed by atoms with Gasteiger partial charge >= 0.3 is 0 Å². The van der Waals surface area contributed by atoms with Crippen LogP contribution in [0, 0.1) is 22.8 Å². The maximum Gasteiger partial charge on any atom is 0.211 e. The number of aliphatic imine (C=N–C) groups is 1. The molecule has 0 bridgehead atoms. The van der Waals surface area contributed by atoms with E-state index in [1.807, 2.05) is 24.4 Å². The van der Waals surface area contributed by atoms with Gasteiger partial charge in [0.2, 0.25) is 5.96 Å². The van der Waals surface area contributed by atoms with E-state index in [-0.39, 0.29) is 23.0 Å². The third-order valence-corrected chi connectivity index (χ3v) is 5.42. The Morgan fingerprint density at radius 3 is 2.59 bits per heavy atom. The number of hydrogen-bond acceptors (Lipinski definition) is 10. The third kappa shape index (κ3) is 4.31. The van der Waals surface area contributed by atoms with E-state index in [1.165, 1.54) is 7.11 Å². The van der Waals surface area contributed by atoms with Gasteiger partial charge in [0.25, 0.3) is 0 Å². The molecule has 0 aliphatic carbocycles. The van der Waals surface area contributed by atoms with E-state index in [4.69, 9.17) is 37.8 Å². The molecule has 4 rings (SSSR count). The highest BCUT2D eigenvalue weighted by Gasteiger charge is 2.30. The van der Waals surface area contributed by atoms with Crippen molar-refractivity contribution in [1.82, 2.24) is 10.3 Å². The Hall–Kier alpha value is -4.67. The van der Waals surface area contributed by atoms with Crippen molar-refractivity contribution in [1.29, 1.82) is 10.5 Å². The number of nitrogens with two attached hydrogens (primary N) is 2. The van der Waals surface area contributed by atoms with Gasteiger partial charge in [-0.05, 0) is 35.4 Å². The minimum atomic E-state index is -0.688. The second-order valence-electron chi connectivity index (χ2n) is 7.23. The number of halogens is 1. The van der Waals surface area contributed by atoms with E-state index >= 15 is 0 Å². The maximum atomic E-state index is 9.48. The second kappa shape index (κ2) is 9.45. The van der Waals surface area contributed by atoms with E-state index in [0.29, 0.717) is 40.1 Å². The molecule has 1 atom stereocenters. The number of hydrogen-bond donors (Lipinski definition) is 4. The fraction of sp³-hybridized carbons (Fsp3) is 0.130. The standard InChI is InChI=1S/C23H19ClN8O2/c1-33-17-8-13(4-7-16(17)34-10-12-2-5-14(24)6-3-12)20-18-19(27)15(9-25)21(28)31-22(18)32-23(30-20)29-11-26/h2-8,20H,10H2,1H3,(H6,27,28,29,30,31,32). The number of pyridine rings is 1. The quantitative estimate of drug-likeness (QED) is 0.320. The Kier molecular flexibility index (Phi) is 6.26. The van der Waals surface area contributed by atoms with Gasteiger partial charge in [-0.1, -0.05) is 29.8 Å². The Balaban J connectivity index is 1.72. The first-order valence-corrected chi connectivity index (χ1v) is 10.4. The second-order valence-corrected chi connectivity index (χ2v) is 7.66. The number of benzene rings is 2. The molecule has 10 nitrogen and oxygen atoms in total. The number of guanidine groups is 1. The normalized spacial score (nSPS) is 14.0. The molecular weight excluding hydrogens is 456 g/mol. The summed E-state index contributed by atoms with van der Waals surface area (Å²) in [6, 6.07) is 13.9. The van der Waals surface area contributed by atoms with Crippen molar-refractivity contribution >= 4 is 34.9 Å². The van der Waals surface area contributed by atoms with Gasteiger partial charge in [0, 0.05) is 10.6 Å². The van der Waals surface area contributed by atoms with Crippen LogP contribution in [0.3, 0.4) is 0 Å². The van der Waals surface area contributed by atoms with Crippen LogP contribution in [-0.4, -0.2) is 18.1 Å².